The van der Waals surface area contributed by atoms with E-state index in [-0.39, 0.29) is 17.6 Å². The molecular formula is C14H24N4O2. The molecule has 0 aromatic heterocycles. The maximum absolute atomic E-state index is 12.1. The van der Waals surface area contributed by atoms with E-state index >= 15 is 0 Å². The van der Waals surface area contributed by atoms with Crippen molar-refractivity contribution in [1.82, 2.24) is 15.5 Å². The lowest BCUT2D eigenvalue weighted by Crippen LogP contribution is -2.46. The normalized spacial score (nSPS) is 16.1. The van der Waals surface area contributed by atoms with Gasteiger partial charge in [0.25, 0.3) is 5.91 Å². The first-order valence-corrected chi connectivity index (χ1v) is 7.10. The highest BCUT2D eigenvalue weighted by molar-refractivity contribution is 5.97. The van der Waals surface area contributed by atoms with Gasteiger partial charge in [-0.3, -0.25) is 4.79 Å². The molecule has 0 radical (unpaired) electrons. The highest BCUT2D eigenvalue weighted by atomic mass is 16.5. The van der Waals surface area contributed by atoms with Crippen molar-refractivity contribution in [2.24, 2.45) is 0 Å². The van der Waals surface area contributed by atoms with Crippen molar-refractivity contribution in [3.63, 3.8) is 0 Å². The highest BCUT2D eigenvalue weighted by Crippen LogP contribution is 2.02. The molecule has 0 spiro atoms. The molecule has 1 amide bonds. The second kappa shape index (κ2) is 9.34. The van der Waals surface area contributed by atoms with Crippen LogP contribution in [-0.2, 0) is 9.53 Å². The van der Waals surface area contributed by atoms with Crippen molar-refractivity contribution < 1.29 is 9.53 Å². The number of hydrogen-bond acceptors (Lipinski definition) is 5. The number of carbonyl (C=O) groups is 1. The van der Waals surface area contributed by atoms with Gasteiger partial charge in [-0.1, -0.05) is 0 Å². The summed E-state index contributed by atoms with van der Waals surface area (Å²) in [5.41, 5.74) is 0.164. The van der Waals surface area contributed by atoms with Crippen molar-refractivity contribution >= 4 is 5.91 Å². The predicted octanol–water partition coefficient (Wildman–Crippen LogP) is 0.230. The van der Waals surface area contributed by atoms with Gasteiger partial charge in [0.15, 0.2) is 0 Å². The minimum absolute atomic E-state index is 0.164. The van der Waals surface area contributed by atoms with Gasteiger partial charge < -0.3 is 20.3 Å². The van der Waals surface area contributed by atoms with Crippen LogP contribution in [0.4, 0.5) is 0 Å². The molecule has 0 aromatic carbocycles. The first-order valence-electron chi connectivity index (χ1n) is 7.10. The quantitative estimate of drug-likeness (QED) is 0.396. The Labute approximate surface area is 120 Å². The van der Waals surface area contributed by atoms with Gasteiger partial charge in [0.2, 0.25) is 0 Å². The van der Waals surface area contributed by atoms with E-state index in [0.717, 1.165) is 19.5 Å². The van der Waals surface area contributed by atoms with Crippen LogP contribution < -0.4 is 10.6 Å². The number of rotatable bonds is 7. The van der Waals surface area contributed by atoms with Crippen LogP contribution in [0.25, 0.3) is 0 Å². The minimum Gasteiger partial charge on any atom is -0.390 e. The largest absolute Gasteiger partial charge is 0.390 e. The Hall–Kier alpha value is -1.58. The average molecular weight is 280 g/mol. The minimum atomic E-state index is -0.195. The van der Waals surface area contributed by atoms with Crippen LogP contribution in [0.15, 0.2) is 11.8 Å². The third-order valence-electron chi connectivity index (χ3n) is 2.92. The van der Waals surface area contributed by atoms with E-state index in [1.165, 1.54) is 6.20 Å². The van der Waals surface area contributed by atoms with Crippen molar-refractivity contribution in [3.8, 4) is 6.07 Å². The Bertz CT molecular complexity index is 368. The number of carbonyl (C=O) groups excluding carboxylic acids is 1. The summed E-state index contributed by atoms with van der Waals surface area (Å²) < 4.78 is 5.41. The van der Waals surface area contributed by atoms with Gasteiger partial charge in [0, 0.05) is 45.5 Å². The summed E-state index contributed by atoms with van der Waals surface area (Å²) in [5.74, 6) is -0.195. The molecule has 1 heterocycles. The zero-order chi connectivity index (χ0) is 14.8. The molecule has 0 unspecified atom stereocenters. The number of piperazine rings is 1. The molecule has 1 saturated heterocycles. The summed E-state index contributed by atoms with van der Waals surface area (Å²) in [7, 11) is 0. The van der Waals surface area contributed by atoms with Crippen molar-refractivity contribution in [3.05, 3.63) is 11.8 Å². The molecule has 0 aliphatic carbocycles. The molecule has 2 N–H and O–H groups in total. The molecule has 6 heteroatoms. The summed E-state index contributed by atoms with van der Waals surface area (Å²) >= 11 is 0. The smallest absolute Gasteiger partial charge is 0.266 e. The molecule has 20 heavy (non-hydrogen) atoms. The summed E-state index contributed by atoms with van der Waals surface area (Å²) in [4.78, 5) is 13.8. The summed E-state index contributed by atoms with van der Waals surface area (Å²) in [6.07, 6.45) is 2.59. The molecule has 1 aliphatic heterocycles. The Balaban J connectivity index is 2.31. The maximum Gasteiger partial charge on any atom is 0.266 e. The van der Waals surface area contributed by atoms with Crippen LogP contribution >= 0.6 is 0 Å². The van der Waals surface area contributed by atoms with Crippen molar-refractivity contribution in [2.45, 2.75) is 26.4 Å². The fraction of sp³-hybridized carbons (Fsp3) is 0.714. The van der Waals surface area contributed by atoms with Gasteiger partial charge in [-0.25, -0.2) is 0 Å². The van der Waals surface area contributed by atoms with Crippen LogP contribution in [0.2, 0.25) is 0 Å². The summed E-state index contributed by atoms with van der Waals surface area (Å²) in [6.45, 7) is 8.22. The van der Waals surface area contributed by atoms with Crippen LogP contribution in [0.3, 0.4) is 0 Å². The second-order valence-electron chi connectivity index (χ2n) is 4.94. The second-order valence-corrected chi connectivity index (χ2v) is 4.94. The van der Waals surface area contributed by atoms with E-state index in [4.69, 9.17) is 10.00 Å². The van der Waals surface area contributed by atoms with Crippen LogP contribution in [-0.4, -0.2) is 56.2 Å². The molecule has 6 nitrogen and oxygen atoms in total. The van der Waals surface area contributed by atoms with Gasteiger partial charge in [0.1, 0.15) is 11.6 Å². The van der Waals surface area contributed by atoms with Crippen molar-refractivity contribution in [2.75, 3.05) is 39.3 Å². The van der Waals surface area contributed by atoms with Crippen molar-refractivity contribution in [1.29, 1.82) is 5.26 Å². The van der Waals surface area contributed by atoms with Crippen LogP contribution in [0.5, 0.6) is 0 Å². The average Bonchev–Trinajstić information content (AvgIpc) is 2.46. The molecule has 0 aromatic rings. The lowest BCUT2D eigenvalue weighted by molar-refractivity contribution is -0.127. The third-order valence-corrected chi connectivity index (χ3v) is 2.92. The first kappa shape index (κ1) is 16.5. The van der Waals surface area contributed by atoms with Gasteiger partial charge in [0.05, 0.1) is 6.10 Å². The number of hydrogen-bond donors (Lipinski definition) is 2. The van der Waals surface area contributed by atoms with E-state index in [2.05, 4.69) is 10.6 Å². The molecule has 0 saturated carbocycles. The monoisotopic (exact) mass is 280 g/mol. The van der Waals surface area contributed by atoms with Crippen LogP contribution in [0.1, 0.15) is 20.3 Å². The maximum atomic E-state index is 12.1. The number of ether oxygens (including phenoxy) is 1. The van der Waals surface area contributed by atoms with E-state index in [9.17, 15) is 4.79 Å². The SMILES string of the molecule is CC(C)OCCCN/C=C(/C#N)C(=O)N1CCNCC1. The Kier molecular flexibility index (Phi) is 7.70. The van der Waals surface area contributed by atoms with E-state index in [1.807, 2.05) is 19.9 Å². The summed E-state index contributed by atoms with van der Waals surface area (Å²) in [6, 6.07) is 1.96. The zero-order valence-electron chi connectivity index (χ0n) is 12.3. The predicted molar refractivity (Wildman–Crippen MR) is 76.9 cm³/mol. The molecule has 1 rings (SSSR count). The Morgan fingerprint density at radius 2 is 2.20 bits per heavy atom. The molecule has 0 atom stereocenters. The Morgan fingerprint density at radius 3 is 2.80 bits per heavy atom. The van der Waals surface area contributed by atoms with E-state index in [0.29, 0.717) is 26.2 Å². The van der Waals surface area contributed by atoms with Gasteiger partial charge >= 0.3 is 0 Å². The topological polar surface area (TPSA) is 77.4 Å². The van der Waals surface area contributed by atoms with E-state index < -0.39 is 0 Å². The fourth-order valence-electron chi connectivity index (χ4n) is 1.85. The molecule has 1 aliphatic rings. The molecular weight excluding hydrogens is 256 g/mol. The standard InChI is InChI=1S/C14H24N4O2/c1-12(2)20-9-3-4-17-11-13(10-15)14(19)18-7-5-16-6-8-18/h11-12,16-17H,3-9H2,1-2H3/b13-11-. The number of nitriles is 1. The van der Waals surface area contributed by atoms with Gasteiger partial charge in [-0.15, -0.1) is 0 Å². The third kappa shape index (κ3) is 6.04. The van der Waals surface area contributed by atoms with Gasteiger partial charge in [-0.2, -0.15) is 5.26 Å². The zero-order valence-corrected chi connectivity index (χ0v) is 12.3. The van der Waals surface area contributed by atoms with Crippen LogP contribution in [0, 0.1) is 11.3 Å². The fourth-order valence-corrected chi connectivity index (χ4v) is 1.85. The molecule has 0 bridgehead atoms. The number of nitrogens with zero attached hydrogens (tertiary/aromatic N) is 2. The summed E-state index contributed by atoms with van der Waals surface area (Å²) in [5, 5.41) is 15.2. The number of amides is 1. The van der Waals surface area contributed by atoms with Gasteiger partial charge in [-0.05, 0) is 20.3 Å². The number of nitrogens with one attached hydrogen (secondary N) is 2. The molecule has 112 valence electrons. The highest BCUT2D eigenvalue weighted by Gasteiger charge is 2.19. The lowest BCUT2D eigenvalue weighted by atomic mass is 10.2. The lowest BCUT2D eigenvalue weighted by Gasteiger charge is -2.27. The molecule has 1 fully saturated rings. The Morgan fingerprint density at radius 1 is 1.50 bits per heavy atom. The van der Waals surface area contributed by atoms with E-state index in [1.54, 1.807) is 4.90 Å². The first-order chi connectivity index (χ1) is 9.65.